The molecule has 0 radical (unpaired) electrons. The van der Waals surface area contributed by atoms with Gasteiger partial charge in [-0.25, -0.2) is 0 Å². The second kappa shape index (κ2) is 4.49. The highest BCUT2D eigenvalue weighted by atomic mass is 16.3. The molecule has 0 aromatic carbocycles. The van der Waals surface area contributed by atoms with Gasteiger partial charge in [0.1, 0.15) is 12.0 Å². The largest absolute Gasteiger partial charge is 0.469 e. The number of hydrogen-bond acceptors (Lipinski definition) is 3. The van der Waals surface area contributed by atoms with Gasteiger partial charge in [0.05, 0.1) is 5.56 Å². The van der Waals surface area contributed by atoms with Crippen molar-refractivity contribution in [1.29, 1.82) is 0 Å². The minimum Gasteiger partial charge on any atom is -0.469 e. The fraction of sp³-hybridized carbons (Fsp3) is 0.545. The Bertz CT molecular complexity index is 340. The minimum absolute atomic E-state index is 0.0289. The molecule has 1 aromatic rings. The summed E-state index contributed by atoms with van der Waals surface area (Å²) >= 11 is 0. The lowest BCUT2D eigenvalue weighted by atomic mass is 10.1. The number of hydrogen-bond donors (Lipinski definition) is 2. The molecule has 2 heterocycles. The van der Waals surface area contributed by atoms with Crippen molar-refractivity contribution in [3.05, 3.63) is 23.7 Å². The van der Waals surface area contributed by atoms with Gasteiger partial charge in [-0.15, -0.1) is 0 Å². The van der Waals surface area contributed by atoms with E-state index in [0.717, 1.165) is 31.7 Å². The number of aryl methyl sites for hydroxylation is 1. The summed E-state index contributed by atoms with van der Waals surface area (Å²) in [6.07, 6.45) is 3.51. The van der Waals surface area contributed by atoms with E-state index in [-0.39, 0.29) is 5.91 Å². The maximum absolute atomic E-state index is 11.7. The number of piperidine rings is 1. The number of carbonyl (C=O) groups excluding carboxylic acids is 1. The number of rotatable bonds is 2. The molecule has 1 amide bonds. The topological polar surface area (TPSA) is 54.3 Å². The first-order valence-electron chi connectivity index (χ1n) is 5.32. The van der Waals surface area contributed by atoms with Crippen LogP contribution in [0.25, 0.3) is 0 Å². The quantitative estimate of drug-likeness (QED) is 0.764. The maximum atomic E-state index is 11.7. The van der Waals surface area contributed by atoms with Crippen LogP contribution in [0.2, 0.25) is 0 Å². The zero-order chi connectivity index (χ0) is 10.7. The average Bonchev–Trinajstić information content (AvgIpc) is 2.66. The maximum Gasteiger partial charge on any atom is 0.254 e. The van der Waals surface area contributed by atoms with Gasteiger partial charge in [-0.1, -0.05) is 0 Å². The van der Waals surface area contributed by atoms with Crippen molar-refractivity contribution in [2.45, 2.75) is 25.8 Å². The van der Waals surface area contributed by atoms with Crippen LogP contribution in [0.5, 0.6) is 0 Å². The van der Waals surface area contributed by atoms with E-state index in [1.165, 1.54) is 6.26 Å². The summed E-state index contributed by atoms with van der Waals surface area (Å²) in [5.74, 6) is 0.740. The van der Waals surface area contributed by atoms with Gasteiger partial charge in [0.15, 0.2) is 0 Å². The third-order valence-corrected chi connectivity index (χ3v) is 2.67. The normalized spacial score (nSPS) is 17.7. The number of nitrogens with one attached hydrogen (secondary N) is 2. The van der Waals surface area contributed by atoms with Crippen molar-refractivity contribution in [1.82, 2.24) is 10.6 Å². The second-order valence-electron chi connectivity index (χ2n) is 3.94. The third kappa shape index (κ3) is 2.59. The van der Waals surface area contributed by atoms with Crippen LogP contribution < -0.4 is 10.6 Å². The van der Waals surface area contributed by atoms with E-state index < -0.39 is 0 Å². The standard InChI is InChI=1S/C11H16N2O2/c1-8-6-9(7-15-8)11(14)13-10-2-4-12-5-3-10/h6-7,10,12H,2-5H2,1H3,(H,13,14). The van der Waals surface area contributed by atoms with E-state index in [1.54, 1.807) is 6.07 Å². The van der Waals surface area contributed by atoms with Crippen molar-refractivity contribution in [3.8, 4) is 0 Å². The fourth-order valence-electron chi connectivity index (χ4n) is 1.80. The van der Waals surface area contributed by atoms with Crippen molar-refractivity contribution < 1.29 is 9.21 Å². The predicted octanol–water partition coefficient (Wildman–Crippen LogP) is 1.07. The Morgan fingerprint density at radius 2 is 2.27 bits per heavy atom. The van der Waals surface area contributed by atoms with E-state index in [1.807, 2.05) is 6.92 Å². The highest BCUT2D eigenvalue weighted by molar-refractivity contribution is 5.94. The lowest BCUT2D eigenvalue weighted by Gasteiger charge is -2.23. The van der Waals surface area contributed by atoms with Crippen LogP contribution in [0.1, 0.15) is 29.0 Å². The summed E-state index contributed by atoms with van der Waals surface area (Å²) in [6, 6.07) is 2.06. The van der Waals surface area contributed by atoms with Gasteiger partial charge in [-0.2, -0.15) is 0 Å². The van der Waals surface area contributed by atoms with Crippen LogP contribution in [0.3, 0.4) is 0 Å². The summed E-state index contributed by atoms with van der Waals surface area (Å²) in [7, 11) is 0. The van der Waals surface area contributed by atoms with Gasteiger partial charge >= 0.3 is 0 Å². The van der Waals surface area contributed by atoms with Gasteiger partial charge in [-0.05, 0) is 38.9 Å². The number of carbonyl (C=O) groups is 1. The molecule has 1 saturated heterocycles. The Balaban J connectivity index is 1.91. The highest BCUT2D eigenvalue weighted by Gasteiger charge is 2.17. The summed E-state index contributed by atoms with van der Waals surface area (Å²) < 4.78 is 5.10. The monoisotopic (exact) mass is 208 g/mol. The van der Waals surface area contributed by atoms with E-state index in [4.69, 9.17) is 4.42 Å². The summed E-state index contributed by atoms with van der Waals surface area (Å²) in [4.78, 5) is 11.7. The van der Waals surface area contributed by atoms with Crippen LogP contribution in [0.15, 0.2) is 16.7 Å². The van der Waals surface area contributed by atoms with E-state index in [2.05, 4.69) is 10.6 Å². The van der Waals surface area contributed by atoms with Crippen LogP contribution >= 0.6 is 0 Å². The zero-order valence-corrected chi connectivity index (χ0v) is 8.88. The van der Waals surface area contributed by atoms with Gasteiger partial charge in [0, 0.05) is 6.04 Å². The second-order valence-corrected chi connectivity index (χ2v) is 3.94. The molecule has 1 aromatic heterocycles. The molecule has 0 bridgehead atoms. The molecule has 4 nitrogen and oxygen atoms in total. The first-order chi connectivity index (χ1) is 7.25. The first-order valence-corrected chi connectivity index (χ1v) is 5.32. The van der Waals surface area contributed by atoms with Crippen LogP contribution in [-0.4, -0.2) is 25.0 Å². The van der Waals surface area contributed by atoms with Gasteiger partial charge in [0.25, 0.3) is 5.91 Å². The molecule has 82 valence electrons. The molecule has 1 aliphatic heterocycles. The fourth-order valence-corrected chi connectivity index (χ4v) is 1.80. The van der Waals surface area contributed by atoms with Crippen molar-refractivity contribution in [2.75, 3.05) is 13.1 Å². The average molecular weight is 208 g/mol. The third-order valence-electron chi connectivity index (χ3n) is 2.67. The lowest BCUT2D eigenvalue weighted by Crippen LogP contribution is -2.42. The Hall–Kier alpha value is -1.29. The summed E-state index contributed by atoms with van der Waals surface area (Å²) in [5.41, 5.74) is 0.617. The minimum atomic E-state index is -0.0289. The Labute approximate surface area is 89.0 Å². The molecule has 4 heteroatoms. The van der Waals surface area contributed by atoms with Gasteiger partial charge in [-0.3, -0.25) is 4.79 Å². The molecule has 1 aliphatic rings. The SMILES string of the molecule is Cc1cc(C(=O)NC2CCNCC2)co1. The molecule has 2 N–H and O–H groups in total. The van der Waals surface area contributed by atoms with Crippen LogP contribution in [0, 0.1) is 6.92 Å². The highest BCUT2D eigenvalue weighted by Crippen LogP contribution is 2.08. The summed E-state index contributed by atoms with van der Waals surface area (Å²) in [6.45, 7) is 3.80. The zero-order valence-electron chi connectivity index (χ0n) is 8.88. The first kappa shape index (κ1) is 10.2. The van der Waals surface area contributed by atoms with E-state index >= 15 is 0 Å². The van der Waals surface area contributed by atoms with Crippen molar-refractivity contribution in [3.63, 3.8) is 0 Å². The molecular formula is C11H16N2O2. The van der Waals surface area contributed by atoms with Gasteiger partial charge < -0.3 is 15.1 Å². The van der Waals surface area contributed by atoms with Crippen molar-refractivity contribution >= 4 is 5.91 Å². The van der Waals surface area contributed by atoms with Crippen LogP contribution in [-0.2, 0) is 0 Å². The molecule has 15 heavy (non-hydrogen) atoms. The molecule has 0 aliphatic carbocycles. The summed E-state index contributed by atoms with van der Waals surface area (Å²) in [5, 5.41) is 6.27. The van der Waals surface area contributed by atoms with E-state index in [0.29, 0.717) is 11.6 Å². The number of amides is 1. The molecule has 0 spiro atoms. The van der Waals surface area contributed by atoms with Crippen LogP contribution in [0.4, 0.5) is 0 Å². The molecule has 2 rings (SSSR count). The molecular weight excluding hydrogens is 192 g/mol. The lowest BCUT2D eigenvalue weighted by molar-refractivity contribution is 0.0929. The smallest absolute Gasteiger partial charge is 0.254 e. The molecule has 1 fully saturated rings. The van der Waals surface area contributed by atoms with Crippen molar-refractivity contribution in [2.24, 2.45) is 0 Å². The van der Waals surface area contributed by atoms with Gasteiger partial charge in [0.2, 0.25) is 0 Å². The predicted molar refractivity (Wildman–Crippen MR) is 56.8 cm³/mol. The Morgan fingerprint density at radius 1 is 1.53 bits per heavy atom. The Kier molecular flexibility index (Phi) is 3.06. The molecule has 0 unspecified atom stereocenters. The molecule has 0 atom stereocenters. The van der Waals surface area contributed by atoms with E-state index in [9.17, 15) is 4.79 Å². The number of furan rings is 1. The molecule has 0 saturated carbocycles. The Morgan fingerprint density at radius 3 is 2.87 bits per heavy atom.